The van der Waals surface area contributed by atoms with Crippen LogP contribution in [0.3, 0.4) is 0 Å². The minimum absolute atomic E-state index is 0.172. The Morgan fingerprint density at radius 1 is 0.957 bits per heavy atom. The highest BCUT2D eigenvalue weighted by Gasteiger charge is 2.44. The van der Waals surface area contributed by atoms with Crippen LogP contribution < -0.4 is 0 Å². The van der Waals surface area contributed by atoms with Gasteiger partial charge in [-0.2, -0.15) is 0 Å². The molecular formula is C20H22N2O. The number of benzene rings is 2. The van der Waals surface area contributed by atoms with Crippen molar-refractivity contribution < 1.29 is 5.21 Å². The largest absolute Gasteiger partial charge is 0.411 e. The molecule has 0 amide bonds. The maximum Gasteiger partial charge on any atom is 0.0879 e. The maximum atomic E-state index is 9.35. The summed E-state index contributed by atoms with van der Waals surface area (Å²) < 4.78 is 0. The van der Waals surface area contributed by atoms with Gasteiger partial charge < -0.3 is 5.21 Å². The number of rotatable bonds is 2. The lowest BCUT2D eigenvalue weighted by Crippen LogP contribution is -2.41. The fourth-order valence-corrected chi connectivity index (χ4v) is 4.22. The molecule has 23 heavy (non-hydrogen) atoms. The number of fused-ring (bicyclic) bond motifs is 2. The number of hydrogen-bond acceptors (Lipinski definition) is 3. The second kappa shape index (κ2) is 5.82. The summed E-state index contributed by atoms with van der Waals surface area (Å²) in [5, 5.41) is 12.9. The Morgan fingerprint density at radius 2 is 1.65 bits per heavy atom. The highest BCUT2D eigenvalue weighted by molar-refractivity contribution is 6.05. The summed E-state index contributed by atoms with van der Waals surface area (Å²) in [5.74, 6) is 0. The molecular weight excluding hydrogens is 284 g/mol. The molecule has 1 aliphatic heterocycles. The lowest BCUT2D eigenvalue weighted by atomic mass is 9.73. The molecule has 1 saturated heterocycles. The van der Waals surface area contributed by atoms with Gasteiger partial charge in [0.2, 0.25) is 0 Å². The Morgan fingerprint density at radius 3 is 2.39 bits per heavy atom. The summed E-state index contributed by atoms with van der Waals surface area (Å²) in [6.45, 7) is 3.23. The average Bonchev–Trinajstić information content (AvgIpc) is 2.92. The lowest BCUT2D eigenvalue weighted by Gasteiger charge is -2.40. The first-order valence-corrected chi connectivity index (χ1v) is 8.38. The van der Waals surface area contributed by atoms with Crippen LogP contribution >= 0.6 is 0 Å². The summed E-state index contributed by atoms with van der Waals surface area (Å²) in [4.78, 5) is 2.54. The van der Waals surface area contributed by atoms with E-state index in [0.717, 1.165) is 50.2 Å². The third kappa shape index (κ3) is 2.55. The Kier molecular flexibility index (Phi) is 3.66. The minimum Gasteiger partial charge on any atom is -0.411 e. The lowest BCUT2D eigenvalue weighted by molar-refractivity contribution is 0.158. The van der Waals surface area contributed by atoms with Crippen molar-refractivity contribution in [2.24, 2.45) is 5.16 Å². The van der Waals surface area contributed by atoms with E-state index >= 15 is 0 Å². The van der Waals surface area contributed by atoms with E-state index in [1.165, 1.54) is 11.1 Å². The zero-order valence-corrected chi connectivity index (χ0v) is 13.3. The van der Waals surface area contributed by atoms with Crippen molar-refractivity contribution in [2.75, 3.05) is 13.1 Å². The molecule has 3 nitrogen and oxygen atoms in total. The highest BCUT2D eigenvalue weighted by atomic mass is 16.4. The molecule has 0 bridgehead atoms. The Labute approximate surface area is 137 Å². The van der Waals surface area contributed by atoms with Crippen LogP contribution in [0.1, 0.15) is 36.0 Å². The molecule has 1 N–H and O–H groups in total. The predicted octanol–water partition coefficient (Wildman–Crippen LogP) is 3.80. The molecule has 118 valence electrons. The topological polar surface area (TPSA) is 35.8 Å². The van der Waals surface area contributed by atoms with Gasteiger partial charge in [0.1, 0.15) is 0 Å². The van der Waals surface area contributed by atoms with E-state index in [9.17, 15) is 5.21 Å². The summed E-state index contributed by atoms with van der Waals surface area (Å²) in [6, 6.07) is 19.1. The maximum absolute atomic E-state index is 9.35. The van der Waals surface area contributed by atoms with Crippen molar-refractivity contribution in [2.45, 2.75) is 31.2 Å². The Hall–Kier alpha value is -2.13. The van der Waals surface area contributed by atoms with Crippen molar-refractivity contribution in [3.05, 3.63) is 71.3 Å². The molecule has 2 aliphatic rings. The zero-order chi connectivity index (χ0) is 15.7. The molecule has 0 atom stereocenters. The Balaban J connectivity index is 1.51. The van der Waals surface area contributed by atoms with Crippen molar-refractivity contribution in [3.63, 3.8) is 0 Å². The monoisotopic (exact) mass is 306 g/mol. The molecule has 1 fully saturated rings. The van der Waals surface area contributed by atoms with Crippen LogP contribution in [0, 0.1) is 0 Å². The van der Waals surface area contributed by atoms with Crippen LogP contribution in [-0.4, -0.2) is 28.9 Å². The smallest absolute Gasteiger partial charge is 0.0879 e. The van der Waals surface area contributed by atoms with Crippen molar-refractivity contribution in [1.29, 1.82) is 0 Å². The number of nitrogens with zero attached hydrogens (tertiary/aromatic N) is 2. The van der Waals surface area contributed by atoms with E-state index in [2.05, 4.69) is 58.6 Å². The summed E-state index contributed by atoms with van der Waals surface area (Å²) >= 11 is 0. The zero-order valence-electron chi connectivity index (χ0n) is 13.3. The molecule has 0 aromatic heterocycles. The summed E-state index contributed by atoms with van der Waals surface area (Å²) in [7, 11) is 0. The van der Waals surface area contributed by atoms with Gasteiger partial charge in [-0.1, -0.05) is 59.8 Å². The van der Waals surface area contributed by atoms with Crippen LogP contribution in [0.5, 0.6) is 0 Å². The molecule has 0 unspecified atom stereocenters. The van der Waals surface area contributed by atoms with Crippen LogP contribution in [0.25, 0.3) is 0 Å². The average molecular weight is 306 g/mol. The first kappa shape index (κ1) is 14.5. The van der Waals surface area contributed by atoms with E-state index in [-0.39, 0.29) is 5.41 Å². The van der Waals surface area contributed by atoms with Gasteiger partial charge in [-0.25, -0.2) is 0 Å². The van der Waals surface area contributed by atoms with Gasteiger partial charge in [-0.05, 0) is 37.1 Å². The van der Waals surface area contributed by atoms with E-state index in [1.807, 2.05) is 6.07 Å². The first-order chi connectivity index (χ1) is 11.3. The van der Waals surface area contributed by atoms with E-state index in [0.29, 0.717) is 0 Å². The normalized spacial score (nSPS) is 21.7. The third-order valence-corrected chi connectivity index (χ3v) is 5.50. The minimum atomic E-state index is 0.172. The molecule has 4 rings (SSSR count). The first-order valence-electron chi connectivity index (χ1n) is 8.38. The van der Waals surface area contributed by atoms with Crippen molar-refractivity contribution >= 4 is 5.71 Å². The van der Waals surface area contributed by atoms with E-state index in [1.54, 1.807) is 0 Å². The van der Waals surface area contributed by atoms with Gasteiger partial charge in [-0.3, -0.25) is 4.90 Å². The van der Waals surface area contributed by atoms with Gasteiger partial charge in [0, 0.05) is 23.9 Å². The molecule has 2 aromatic carbocycles. The summed E-state index contributed by atoms with van der Waals surface area (Å²) in [6.07, 6.45) is 3.15. The fourth-order valence-electron chi connectivity index (χ4n) is 4.22. The van der Waals surface area contributed by atoms with Crippen LogP contribution in [-0.2, 0) is 12.0 Å². The standard InChI is InChI=1S/C20H22N2O/c23-21-19-14-20(18-9-5-4-8-17(18)19)10-12-22(13-11-20)15-16-6-2-1-3-7-16/h1-9,23H,10-15H2/b21-19-. The summed E-state index contributed by atoms with van der Waals surface area (Å²) in [5.41, 5.74) is 4.94. The van der Waals surface area contributed by atoms with Crippen LogP contribution in [0.2, 0.25) is 0 Å². The Bertz CT molecular complexity index is 715. The SMILES string of the molecule is O/N=C1/CC2(CCN(Cc3ccccc3)CC2)c2ccccc21. The molecule has 1 heterocycles. The predicted molar refractivity (Wildman–Crippen MR) is 92.0 cm³/mol. The number of piperidine rings is 1. The fraction of sp³-hybridized carbons (Fsp3) is 0.350. The molecule has 3 heteroatoms. The van der Waals surface area contributed by atoms with Gasteiger partial charge >= 0.3 is 0 Å². The molecule has 1 aliphatic carbocycles. The molecule has 2 aromatic rings. The van der Waals surface area contributed by atoms with Gasteiger partial charge in [0.25, 0.3) is 0 Å². The van der Waals surface area contributed by atoms with Crippen molar-refractivity contribution in [1.82, 2.24) is 4.90 Å². The second-order valence-electron chi connectivity index (χ2n) is 6.81. The number of likely N-dealkylation sites (tertiary alicyclic amines) is 1. The van der Waals surface area contributed by atoms with Crippen molar-refractivity contribution in [3.8, 4) is 0 Å². The van der Waals surface area contributed by atoms with Crippen LogP contribution in [0.15, 0.2) is 59.8 Å². The molecule has 1 spiro atoms. The third-order valence-electron chi connectivity index (χ3n) is 5.50. The van der Waals surface area contributed by atoms with Crippen LogP contribution in [0.4, 0.5) is 0 Å². The number of hydrogen-bond donors (Lipinski definition) is 1. The van der Waals surface area contributed by atoms with Gasteiger partial charge in [-0.15, -0.1) is 0 Å². The number of oxime groups is 1. The quantitative estimate of drug-likeness (QED) is 0.676. The molecule has 0 saturated carbocycles. The second-order valence-corrected chi connectivity index (χ2v) is 6.81. The highest BCUT2D eigenvalue weighted by Crippen LogP contribution is 2.46. The van der Waals surface area contributed by atoms with E-state index < -0.39 is 0 Å². The molecule has 0 radical (unpaired) electrons. The van der Waals surface area contributed by atoms with Gasteiger partial charge in [0.15, 0.2) is 0 Å². The van der Waals surface area contributed by atoms with Gasteiger partial charge in [0.05, 0.1) is 5.71 Å². The van der Waals surface area contributed by atoms with E-state index in [4.69, 9.17) is 0 Å².